The number of ether oxygens (including phenoxy) is 1. The molecule has 1 aromatic heterocycles. The Labute approximate surface area is 160 Å². The summed E-state index contributed by atoms with van der Waals surface area (Å²) in [6, 6.07) is 8.45. The van der Waals surface area contributed by atoms with Crippen molar-refractivity contribution < 1.29 is 9.53 Å². The van der Waals surface area contributed by atoms with Crippen LogP contribution in [-0.4, -0.2) is 46.8 Å². The highest BCUT2D eigenvalue weighted by molar-refractivity contribution is 5.94. The highest BCUT2D eigenvalue weighted by Gasteiger charge is 2.31. The summed E-state index contributed by atoms with van der Waals surface area (Å²) in [4.78, 5) is 14.9. The number of fused-ring (bicyclic) bond motifs is 1. The first kappa shape index (κ1) is 18.0. The number of nitrogens with zero attached hydrogens (tertiary/aromatic N) is 3. The maximum absolute atomic E-state index is 12.9. The van der Waals surface area contributed by atoms with Crippen molar-refractivity contribution >= 4 is 5.91 Å². The topological polar surface area (TPSA) is 59.4 Å². The molecular weight excluding hydrogens is 340 g/mol. The van der Waals surface area contributed by atoms with E-state index in [1.54, 1.807) is 7.11 Å². The van der Waals surface area contributed by atoms with Crippen molar-refractivity contribution in [3.63, 3.8) is 0 Å². The molecule has 0 saturated carbocycles. The lowest BCUT2D eigenvalue weighted by Crippen LogP contribution is -2.35. The molecule has 6 heteroatoms. The van der Waals surface area contributed by atoms with Gasteiger partial charge in [0.25, 0.3) is 5.91 Å². The second-order valence-corrected chi connectivity index (χ2v) is 7.53. The van der Waals surface area contributed by atoms with Gasteiger partial charge in [0.15, 0.2) is 5.69 Å². The first-order valence-electron chi connectivity index (χ1n) is 9.86. The molecule has 0 radical (unpaired) electrons. The van der Waals surface area contributed by atoms with E-state index < -0.39 is 0 Å². The molecule has 1 amide bonds. The normalized spacial score (nSPS) is 19.2. The number of carbonyl (C=O) groups excluding carboxylic acids is 1. The molecule has 0 bridgehead atoms. The number of methoxy groups -OCH3 is 1. The quantitative estimate of drug-likeness (QED) is 0.880. The number of likely N-dealkylation sites (tertiary alicyclic amines) is 1. The van der Waals surface area contributed by atoms with Crippen LogP contribution >= 0.6 is 0 Å². The van der Waals surface area contributed by atoms with Crippen molar-refractivity contribution in [2.24, 2.45) is 7.05 Å². The van der Waals surface area contributed by atoms with Crippen LogP contribution in [0.25, 0.3) is 0 Å². The van der Waals surface area contributed by atoms with Crippen LogP contribution in [-0.2, 0) is 26.4 Å². The van der Waals surface area contributed by atoms with E-state index >= 15 is 0 Å². The number of carbonyl (C=O) groups is 1. The summed E-state index contributed by atoms with van der Waals surface area (Å²) < 4.78 is 7.36. The zero-order chi connectivity index (χ0) is 18.8. The zero-order valence-corrected chi connectivity index (χ0v) is 16.2. The largest absolute Gasteiger partial charge is 0.496 e. The molecule has 1 atom stereocenters. The summed E-state index contributed by atoms with van der Waals surface area (Å²) >= 11 is 0. The number of aromatic nitrogens is 2. The number of nitrogens with one attached hydrogen (secondary N) is 1. The van der Waals surface area contributed by atoms with E-state index in [0.717, 1.165) is 68.6 Å². The smallest absolute Gasteiger partial charge is 0.274 e. The highest BCUT2D eigenvalue weighted by atomic mass is 16.5. The standard InChI is InChI=1S/C21H28N4O2/c1-24-18-10-9-16(22-14-15-7-3-4-8-19(15)27-2)13-17(18)20(23-24)21(26)25-11-5-6-12-25/h3-4,7-8,16,22H,5-6,9-14H2,1-2H3. The number of hydrogen-bond acceptors (Lipinski definition) is 4. The maximum atomic E-state index is 12.9. The highest BCUT2D eigenvalue weighted by Crippen LogP contribution is 2.27. The van der Waals surface area contributed by atoms with Gasteiger partial charge in [-0.25, -0.2) is 0 Å². The van der Waals surface area contributed by atoms with Crippen LogP contribution in [0.1, 0.15) is 46.6 Å². The van der Waals surface area contributed by atoms with Crippen molar-refractivity contribution in [1.29, 1.82) is 0 Å². The van der Waals surface area contributed by atoms with Crippen molar-refractivity contribution in [2.45, 2.75) is 44.7 Å². The Bertz CT molecular complexity index is 824. The summed E-state index contributed by atoms with van der Waals surface area (Å²) in [5.41, 5.74) is 4.18. The Morgan fingerprint density at radius 2 is 2.07 bits per heavy atom. The summed E-state index contributed by atoms with van der Waals surface area (Å²) in [6.07, 6.45) is 5.07. The number of para-hydroxylation sites is 1. The summed E-state index contributed by atoms with van der Waals surface area (Å²) in [5, 5.41) is 8.25. The van der Waals surface area contributed by atoms with E-state index in [4.69, 9.17) is 4.74 Å². The minimum Gasteiger partial charge on any atom is -0.496 e. The molecule has 1 aliphatic carbocycles. The van der Waals surface area contributed by atoms with Crippen LogP contribution in [0.2, 0.25) is 0 Å². The van der Waals surface area contributed by atoms with Gasteiger partial charge in [0.2, 0.25) is 0 Å². The van der Waals surface area contributed by atoms with Crippen molar-refractivity contribution in [1.82, 2.24) is 20.0 Å². The Balaban J connectivity index is 1.48. The molecule has 1 aliphatic heterocycles. The third kappa shape index (κ3) is 3.58. The predicted molar refractivity (Wildman–Crippen MR) is 104 cm³/mol. The van der Waals surface area contributed by atoms with Gasteiger partial charge in [-0.05, 0) is 38.2 Å². The lowest BCUT2D eigenvalue weighted by molar-refractivity contribution is 0.0785. The van der Waals surface area contributed by atoms with Crippen LogP contribution in [0.15, 0.2) is 24.3 Å². The van der Waals surface area contributed by atoms with E-state index in [2.05, 4.69) is 16.5 Å². The van der Waals surface area contributed by atoms with Crippen LogP contribution in [0.4, 0.5) is 0 Å². The molecule has 1 aromatic carbocycles. The number of aryl methyl sites for hydroxylation is 1. The van der Waals surface area contributed by atoms with Crippen molar-refractivity contribution in [2.75, 3.05) is 20.2 Å². The predicted octanol–water partition coefficient (Wildman–Crippen LogP) is 2.31. The van der Waals surface area contributed by atoms with Crippen molar-refractivity contribution in [3.05, 3.63) is 46.8 Å². The summed E-state index contributed by atoms with van der Waals surface area (Å²) in [6.45, 7) is 2.49. The minimum absolute atomic E-state index is 0.106. The first-order chi connectivity index (χ1) is 13.2. The van der Waals surface area contributed by atoms with Gasteiger partial charge in [0.1, 0.15) is 5.75 Å². The van der Waals surface area contributed by atoms with Gasteiger partial charge in [-0.15, -0.1) is 0 Å². The lowest BCUT2D eigenvalue weighted by Gasteiger charge is -2.25. The molecule has 1 unspecified atom stereocenters. The van der Waals surface area contributed by atoms with E-state index in [-0.39, 0.29) is 5.91 Å². The molecule has 2 heterocycles. The molecule has 2 aliphatic rings. The molecule has 6 nitrogen and oxygen atoms in total. The van der Waals surface area contributed by atoms with Crippen LogP contribution < -0.4 is 10.1 Å². The lowest BCUT2D eigenvalue weighted by atomic mass is 9.91. The molecule has 0 spiro atoms. The first-order valence-corrected chi connectivity index (χ1v) is 9.86. The van der Waals surface area contributed by atoms with Gasteiger partial charge in [0.05, 0.1) is 7.11 Å². The number of amides is 1. The third-order valence-corrected chi connectivity index (χ3v) is 5.82. The molecule has 1 saturated heterocycles. The fourth-order valence-corrected chi connectivity index (χ4v) is 4.31. The molecule has 27 heavy (non-hydrogen) atoms. The van der Waals surface area contributed by atoms with Gasteiger partial charge in [-0.2, -0.15) is 5.10 Å². The van der Waals surface area contributed by atoms with E-state index in [9.17, 15) is 4.79 Å². The Hall–Kier alpha value is -2.34. The van der Waals surface area contributed by atoms with Crippen LogP contribution in [0.5, 0.6) is 5.75 Å². The second kappa shape index (κ2) is 7.72. The van der Waals surface area contributed by atoms with Gasteiger partial charge >= 0.3 is 0 Å². The third-order valence-electron chi connectivity index (χ3n) is 5.82. The molecule has 144 valence electrons. The monoisotopic (exact) mass is 368 g/mol. The fraction of sp³-hybridized carbons (Fsp3) is 0.524. The van der Waals surface area contributed by atoms with Gasteiger partial charge in [-0.1, -0.05) is 18.2 Å². The second-order valence-electron chi connectivity index (χ2n) is 7.53. The number of benzene rings is 1. The van der Waals surface area contributed by atoms with E-state index in [1.165, 1.54) is 5.69 Å². The Kier molecular flexibility index (Phi) is 5.16. The average molecular weight is 368 g/mol. The molecule has 2 aromatic rings. The summed E-state index contributed by atoms with van der Waals surface area (Å²) in [7, 11) is 3.67. The van der Waals surface area contributed by atoms with Crippen LogP contribution in [0, 0.1) is 0 Å². The zero-order valence-electron chi connectivity index (χ0n) is 16.2. The minimum atomic E-state index is 0.106. The number of rotatable bonds is 5. The molecule has 4 rings (SSSR count). The molecule has 1 fully saturated rings. The van der Waals surface area contributed by atoms with Gasteiger partial charge < -0.3 is 15.0 Å². The average Bonchev–Trinajstić information content (AvgIpc) is 3.34. The Morgan fingerprint density at radius 1 is 1.30 bits per heavy atom. The van der Waals surface area contributed by atoms with E-state index in [0.29, 0.717) is 11.7 Å². The fourth-order valence-electron chi connectivity index (χ4n) is 4.31. The van der Waals surface area contributed by atoms with Crippen LogP contribution in [0.3, 0.4) is 0 Å². The SMILES string of the molecule is COc1ccccc1CNC1CCc2c(c(C(=O)N3CCCC3)nn2C)C1. The van der Waals surface area contributed by atoms with Crippen molar-refractivity contribution in [3.8, 4) is 5.75 Å². The molecule has 1 N–H and O–H groups in total. The van der Waals surface area contributed by atoms with Gasteiger partial charge in [0, 0.05) is 49.5 Å². The maximum Gasteiger partial charge on any atom is 0.274 e. The van der Waals surface area contributed by atoms with Gasteiger partial charge in [-0.3, -0.25) is 9.48 Å². The van der Waals surface area contributed by atoms with E-state index in [1.807, 2.05) is 34.8 Å². The molecular formula is C21H28N4O2. The summed E-state index contributed by atoms with van der Waals surface area (Å²) in [5.74, 6) is 1.02. The Morgan fingerprint density at radius 3 is 2.85 bits per heavy atom. The number of hydrogen-bond donors (Lipinski definition) is 1.